The fourth-order valence-electron chi connectivity index (χ4n) is 4.23. The highest BCUT2D eigenvalue weighted by Crippen LogP contribution is 2.24. The van der Waals surface area contributed by atoms with Gasteiger partial charge < -0.3 is 18.9 Å². The van der Waals surface area contributed by atoms with E-state index < -0.39 is 0 Å². The Bertz CT molecular complexity index is 1010. The van der Waals surface area contributed by atoms with Gasteiger partial charge in [0.1, 0.15) is 5.75 Å². The number of likely N-dealkylation sites (tertiary alicyclic amines) is 1. The summed E-state index contributed by atoms with van der Waals surface area (Å²) in [6.45, 7) is 12.3. The SMILES string of the molecule is CCOCCn1c(=NC(=O)CSCC(=O)N2CC(C)CC(C)C2)sc2cc(OCC)ccc21. The zero-order chi connectivity index (χ0) is 23.8. The van der Waals surface area contributed by atoms with Crippen molar-refractivity contribution >= 4 is 45.1 Å². The highest BCUT2D eigenvalue weighted by molar-refractivity contribution is 8.00. The minimum Gasteiger partial charge on any atom is -0.494 e. The minimum atomic E-state index is -0.227. The van der Waals surface area contributed by atoms with Crippen molar-refractivity contribution in [3.8, 4) is 5.75 Å². The third kappa shape index (κ3) is 7.32. The third-order valence-electron chi connectivity index (χ3n) is 5.52. The molecule has 0 saturated carbocycles. The summed E-state index contributed by atoms with van der Waals surface area (Å²) in [5.74, 6) is 2.25. The molecule has 1 aromatic carbocycles. The van der Waals surface area contributed by atoms with E-state index in [4.69, 9.17) is 9.47 Å². The zero-order valence-corrected chi connectivity index (χ0v) is 21.7. The van der Waals surface area contributed by atoms with Gasteiger partial charge in [-0.3, -0.25) is 9.59 Å². The first-order valence-corrected chi connectivity index (χ1v) is 13.6. The van der Waals surface area contributed by atoms with Crippen LogP contribution in [0.25, 0.3) is 10.2 Å². The summed E-state index contributed by atoms with van der Waals surface area (Å²) in [5, 5.41) is 0. The number of nitrogens with zero attached hydrogens (tertiary/aromatic N) is 3. The number of benzene rings is 1. The van der Waals surface area contributed by atoms with E-state index >= 15 is 0 Å². The van der Waals surface area contributed by atoms with Gasteiger partial charge in [0, 0.05) is 26.2 Å². The molecular formula is C24H35N3O4S2. The second-order valence-corrected chi connectivity index (χ2v) is 10.5. The fraction of sp³-hybridized carbons (Fsp3) is 0.625. The predicted molar refractivity (Wildman–Crippen MR) is 135 cm³/mol. The number of thiazole rings is 1. The van der Waals surface area contributed by atoms with Crippen molar-refractivity contribution in [2.45, 2.75) is 40.7 Å². The average molecular weight is 494 g/mol. The summed E-state index contributed by atoms with van der Waals surface area (Å²) in [6, 6.07) is 5.92. The first kappa shape index (κ1) is 25.8. The molecule has 2 heterocycles. The number of fused-ring (bicyclic) bond motifs is 1. The number of thioether (sulfide) groups is 1. The Morgan fingerprint density at radius 1 is 1.15 bits per heavy atom. The fourth-order valence-corrected chi connectivity index (χ4v) is 6.03. The van der Waals surface area contributed by atoms with Crippen molar-refractivity contribution in [2.75, 3.05) is 44.4 Å². The van der Waals surface area contributed by atoms with Gasteiger partial charge in [0.05, 0.1) is 34.9 Å². The topological polar surface area (TPSA) is 73.1 Å². The van der Waals surface area contributed by atoms with Gasteiger partial charge >= 0.3 is 0 Å². The molecule has 33 heavy (non-hydrogen) atoms. The molecule has 3 rings (SSSR count). The Labute approximate surface area is 204 Å². The van der Waals surface area contributed by atoms with E-state index in [0.717, 1.165) is 29.1 Å². The normalized spacial score (nSPS) is 19.3. The number of ether oxygens (including phenoxy) is 2. The van der Waals surface area contributed by atoms with Crippen LogP contribution in [0.4, 0.5) is 0 Å². The van der Waals surface area contributed by atoms with Crippen LogP contribution in [0.1, 0.15) is 34.1 Å². The highest BCUT2D eigenvalue weighted by atomic mass is 32.2. The molecule has 1 aliphatic rings. The van der Waals surface area contributed by atoms with Gasteiger partial charge in [-0.05, 0) is 50.3 Å². The van der Waals surface area contributed by atoms with Crippen molar-refractivity contribution in [3.63, 3.8) is 0 Å². The molecule has 0 radical (unpaired) electrons. The largest absolute Gasteiger partial charge is 0.494 e. The molecule has 1 aromatic heterocycles. The molecule has 0 spiro atoms. The van der Waals surface area contributed by atoms with Crippen molar-refractivity contribution in [1.29, 1.82) is 0 Å². The van der Waals surface area contributed by atoms with Crippen LogP contribution in [-0.2, 0) is 20.9 Å². The van der Waals surface area contributed by atoms with Crippen molar-refractivity contribution in [1.82, 2.24) is 9.47 Å². The number of rotatable bonds is 10. The summed E-state index contributed by atoms with van der Waals surface area (Å²) in [7, 11) is 0. The van der Waals surface area contributed by atoms with Crippen LogP contribution < -0.4 is 9.54 Å². The maximum Gasteiger partial charge on any atom is 0.258 e. The number of hydrogen-bond acceptors (Lipinski definition) is 6. The number of piperidine rings is 1. The zero-order valence-electron chi connectivity index (χ0n) is 20.0. The van der Waals surface area contributed by atoms with Gasteiger partial charge in [-0.25, -0.2) is 0 Å². The van der Waals surface area contributed by atoms with Gasteiger partial charge in [0.25, 0.3) is 5.91 Å². The van der Waals surface area contributed by atoms with Crippen LogP contribution >= 0.6 is 23.1 Å². The molecule has 7 nitrogen and oxygen atoms in total. The molecule has 2 atom stereocenters. The molecular weight excluding hydrogens is 458 g/mol. The van der Waals surface area contributed by atoms with Gasteiger partial charge in [-0.2, -0.15) is 4.99 Å². The van der Waals surface area contributed by atoms with E-state index in [2.05, 4.69) is 18.8 Å². The van der Waals surface area contributed by atoms with Crippen molar-refractivity contribution in [2.24, 2.45) is 16.8 Å². The molecule has 1 fully saturated rings. The molecule has 0 N–H and O–H groups in total. The monoisotopic (exact) mass is 493 g/mol. The number of carbonyl (C=O) groups is 2. The van der Waals surface area contributed by atoms with E-state index in [9.17, 15) is 9.59 Å². The molecule has 9 heteroatoms. The standard InChI is InChI=1S/C24H35N3O4S2/c1-5-30-10-9-27-20-8-7-19(31-6-2)12-21(20)33-24(27)25-22(28)15-32-16-23(29)26-13-17(3)11-18(4)14-26/h7-8,12,17-18H,5-6,9-11,13-16H2,1-4H3. The molecule has 1 saturated heterocycles. The Morgan fingerprint density at radius 2 is 1.91 bits per heavy atom. The van der Waals surface area contributed by atoms with Crippen LogP contribution in [0.15, 0.2) is 23.2 Å². The van der Waals surface area contributed by atoms with E-state index in [1.54, 1.807) is 0 Å². The number of amides is 2. The summed E-state index contributed by atoms with van der Waals surface area (Å²) in [6.07, 6.45) is 1.17. The van der Waals surface area contributed by atoms with Crippen LogP contribution in [-0.4, -0.2) is 65.7 Å². The Hall–Kier alpha value is -1.84. The smallest absolute Gasteiger partial charge is 0.258 e. The molecule has 2 unspecified atom stereocenters. The van der Waals surface area contributed by atoms with Gasteiger partial charge in [0.15, 0.2) is 4.80 Å². The van der Waals surface area contributed by atoms with E-state index in [0.29, 0.717) is 48.8 Å². The lowest BCUT2D eigenvalue weighted by Gasteiger charge is -2.35. The summed E-state index contributed by atoms with van der Waals surface area (Å²) < 4.78 is 14.2. The maximum absolute atomic E-state index is 12.6. The third-order valence-corrected chi connectivity index (χ3v) is 7.46. The summed E-state index contributed by atoms with van der Waals surface area (Å²) in [4.78, 5) is 32.2. The van der Waals surface area contributed by atoms with Crippen molar-refractivity contribution < 1.29 is 19.1 Å². The summed E-state index contributed by atoms with van der Waals surface area (Å²) >= 11 is 2.81. The lowest BCUT2D eigenvalue weighted by atomic mass is 9.92. The Kier molecular flexibility index (Phi) is 9.82. The first-order chi connectivity index (χ1) is 15.9. The Balaban J connectivity index is 1.67. The molecule has 182 valence electrons. The lowest BCUT2D eigenvalue weighted by Crippen LogP contribution is -2.43. The van der Waals surface area contributed by atoms with E-state index in [1.165, 1.54) is 29.5 Å². The predicted octanol–water partition coefficient (Wildman–Crippen LogP) is 3.80. The maximum atomic E-state index is 12.6. The lowest BCUT2D eigenvalue weighted by molar-refractivity contribution is -0.130. The van der Waals surface area contributed by atoms with Gasteiger partial charge in [0.2, 0.25) is 5.91 Å². The van der Waals surface area contributed by atoms with Crippen molar-refractivity contribution in [3.05, 3.63) is 23.0 Å². The first-order valence-electron chi connectivity index (χ1n) is 11.7. The van der Waals surface area contributed by atoms with Gasteiger partial charge in [-0.1, -0.05) is 25.2 Å². The van der Waals surface area contributed by atoms with Gasteiger partial charge in [-0.15, -0.1) is 11.8 Å². The van der Waals surface area contributed by atoms with E-state index in [1.807, 2.05) is 41.5 Å². The molecule has 1 aliphatic heterocycles. The van der Waals surface area contributed by atoms with Crippen LogP contribution in [0.3, 0.4) is 0 Å². The van der Waals surface area contributed by atoms with E-state index in [-0.39, 0.29) is 17.6 Å². The quantitative estimate of drug-likeness (QED) is 0.471. The number of hydrogen-bond donors (Lipinski definition) is 0. The minimum absolute atomic E-state index is 0.114. The number of aromatic nitrogens is 1. The molecule has 2 amide bonds. The summed E-state index contributed by atoms with van der Waals surface area (Å²) in [5.41, 5.74) is 1.01. The Morgan fingerprint density at radius 3 is 2.61 bits per heavy atom. The molecule has 0 bridgehead atoms. The van der Waals surface area contributed by atoms with Crippen LogP contribution in [0.5, 0.6) is 5.75 Å². The highest BCUT2D eigenvalue weighted by Gasteiger charge is 2.25. The molecule has 0 aliphatic carbocycles. The van der Waals surface area contributed by atoms with Crippen LogP contribution in [0, 0.1) is 11.8 Å². The second-order valence-electron chi connectivity index (χ2n) is 8.54. The molecule has 2 aromatic rings. The average Bonchev–Trinajstić information content (AvgIpc) is 3.09. The van der Waals surface area contributed by atoms with Crippen LogP contribution in [0.2, 0.25) is 0 Å². The second kappa shape index (κ2) is 12.6. The number of carbonyl (C=O) groups excluding carboxylic acids is 2.